The van der Waals surface area contributed by atoms with Crippen LogP contribution < -0.4 is 15.5 Å². The average molecular weight is 532 g/mol. The van der Waals surface area contributed by atoms with Gasteiger partial charge in [-0.15, -0.1) is 0 Å². The summed E-state index contributed by atoms with van der Waals surface area (Å²) in [7, 11) is 1.55. The van der Waals surface area contributed by atoms with Crippen molar-refractivity contribution in [2.75, 3.05) is 36.9 Å². The van der Waals surface area contributed by atoms with Crippen LogP contribution in [-0.2, 0) is 9.53 Å². The predicted molar refractivity (Wildman–Crippen MR) is 150 cm³/mol. The maximum Gasteiger partial charge on any atom is 0.410 e. The Hall–Kier alpha value is -4.31. The van der Waals surface area contributed by atoms with E-state index in [1.807, 2.05) is 12.1 Å². The smallest absolute Gasteiger partial charge is 0.410 e. The molecule has 2 heterocycles. The highest BCUT2D eigenvalue weighted by molar-refractivity contribution is 5.85. The maximum absolute atomic E-state index is 12.5. The molecule has 10 heteroatoms. The van der Waals surface area contributed by atoms with Crippen LogP contribution in [0, 0.1) is 23.2 Å². The largest absolute Gasteiger partial charge is 0.444 e. The van der Waals surface area contributed by atoms with E-state index in [2.05, 4.69) is 38.4 Å². The van der Waals surface area contributed by atoms with Crippen LogP contribution in [0.4, 0.5) is 22.2 Å². The first-order valence-corrected chi connectivity index (χ1v) is 13.2. The first-order chi connectivity index (χ1) is 18.6. The van der Waals surface area contributed by atoms with Crippen LogP contribution in [0.15, 0.2) is 30.5 Å². The Morgan fingerprint density at radius 1 is 1.21 bits per heavy atom. The number of ether oxygens (including phenoxy) is 1. The zero-order valence-electron chi connectivity index (χ0n) is 23.4. The third-order valence-corrected chi connectivity index (χ3v) is 6.09. The van der Waals surface area contributed by atoms with E-state index in [-0.39, 0.29) is 5.91 Å². The molecule has 1 aliphatic rings. The Balaban J connectivity index is 1.55. The van der Waals surface area contributed by atoms with E-state index in [4.69, 9.17) is 15.0 Å². The molecule has 2 aromatic rings. The quantitative estimate of drug-likeness (QED) is 0.384. The van der Waals surface area contributed by atoms with Crippen molar-refractivity contribution in [3.05, 3.63) is 41.6 Å². The molecule has 206 valence electrons. The molecule has 1 aromatic heterocycles. The number of unbranched alkanes of at least 4 members (excludes halogenated alkanes) is 1. The third-order valence-electron chi connectivity index (χ3n) is 6.09. The lowest BCUT2D eigenvalue weighted by atomic mass is 10.2. The minimum Gasteiger partial charge on any atom is -0.444 e. The highest BCUT2D eigenvalue weighted by Crippen LogP contribution is 2.24. The number of benzene rings is 1. The number of nitriles is 1. The van der Waals surface area contributed by atoms with E-state index in [1.54, 1.807) is 53.1 Å². The summed E-state index contributed by atoms with van der Waals surface area (Å²) in [4.78, 5) is 37.3. The molecule has 1 saturated heterocycles. The molecule has 39 heavy (non-hydrogen) atoms. The van der Waals surface area contributed by atoms with Gasteiger partial charge in [0.25, 0.3) is 0 Å². The summed E-state index contributed by atoms with van der Waals surface area (Å²) in [6.07, 6.45) is 4.66. The number of nitrogens with zero attached hydrogens (tertiary/aromatic N) is 5. The molecule has 0 spiro atoms. The van der Waals surface area contributed by atoms with Crippen molar-refractivity contribution in [2.45, 2.75) is 65.0 Å². The van der Waals surface area contributed by atoms with Crippen molar-refractivity contribution < 1.29 is 14.3 Å². The van der Waals surface area contributed by atoms with E-state index in [0.29, 0.717) is 30.9 Å². The van der Waals surface area contributed by atoms with Gasteiger partial charge in [0.05, 0.1) is 23.4 Å². The number of carbonyl (C=O) groups excluding carboxylic acids is 2. The Morgan fingerprint density at radius 2 is 1.90 bits per heavy atom. The van der Waals surface area contributed by atoms with E-state index < -0.39 is 17.7 Å². The van der Waals surface area contributed by atoms with Crippen LogP contribution in [0.3, 0.4) is 0 Å². The maximum atomic E-state index is 12.5. The van der Waals surface area contributed by atoms with E-state index >= 15 is 0 Å². The van der Waals surface area contributed by atoms with Crippen molar-refractivity contribution in [1.82, 2.24) is 20.2 Å². The van der Waals surface area contributed by atoms with Crippen LogP contribution >= 0.6 is 0 Å². The van der Waals surface area contributed by atoms with Gasteiger partial charge in [-0.05, 0) is 71.2 Å². The fourth-order valence-electron chi connectivity index (χ4n) is 3.81. The summed E-state index contributed by atoms with van der Waals surface area (Å²) in [6.45, 7) is 9.31. The van der Waals surface area contributed by atoms with E-state index in [9.17, 15) is 9.59 Å². The van der Waals surface area contributed by atoms with E-state index in [1.165, 1.54) is 4.90 Å². The highest BCUT2D eigenvalue weighted by Gasteiger charge is 2.26. The number of likely N-dealkylation sites (N-methyl/N-ethyl adjacent to an activating group) is 1. The number of rotatable bonds is 8. The number of anilines is 3. The number of aromatic nitrogens is 2. The minimum absolute atomic E-state index is 0.244. The summed E-state index contributed by atoms with van der Waals surface area (Å²) < 4.78 is 5.32. The van der Waals surface area contributed by atoms with Gasteiger partial charge in [0.1, 0.15) is 17.5 Å². The number of nitrogens with one attached hydrogen (secondary N) is 2. The van der Waals surface area contributed by atoms with Crippen LogP contribution in [0.5, 0.6) is 0 Å². The lowest BCUT2D eigenvalue weighted by Gasteiger charge is -2.28. The summed E-state index contributed by atoms with van der Waals surface area (Å²) in [5.41, 5.74) is 1.53. The van der Waals surface area contributed by atoms with Gasteiger partial charge in [0.15, 0.2) is 0 Å². The highest BCUT2D eigenvalue weighted by atomic mass is 16.6. The Bertz CT molecular complexity index is 1250. The molecule has 2 amide bonds. The van der Waals surface area contributed by atoms with Gasteiger partial charge in [-0.2, -0.15) is 10.2 Å². The summed E-state index contributed by atoms with van der Waals surface area (Å²) in [5.74, 6) is 7.41. The molecule has 1 aliphatic heterocycles. The summed E-state index contributed by atoms with van der Waals surface area (Å²) in [6, 6.07) is 8.58. The topological polar surface area (TPSA) is 123 Å². The van der Waals surface area contributed by atoms with Crippen LogP contribution in [0.2, 0.25) is 0 Å². The lowest BCUT2D eigenvalue weighted by Crippen LogP contribution is -2.47. The van der Waals surface area contributed by atoms with Gasteiger partial charge < -0.3 is 20.3 Å². The molecule has 0 aliphatic carbocycles. The monoisotopic (exact) mass is 531 g/mol. The predicted octanol–water partition coefficient (Wildman–Crippen LogP) is 4.20. The molecule has 1 atom stereocenters. The van der Waals surface area contributed by atoms with Gasteiger partial charge in [-0.3, -0.25) is 9.69 Å². The summed E-state index contributed by atoms with van der Waals surface area (Å²) in [5, 5.41) is 15.0. The van der Waals surface area contributed by atoms with Gasteiger partial charge in [0, 0.05) is 38.8 Å². The van der Waals surface area contributed by atoms with Gasteiger partial charge in [0.2, 0.25) is 11.9 Å². The number of hydrogen-bond acceptors (Lipinski definition) is 8. The van der Waals surface area contributed by atoms with Crippen molar-refractivity contribution in [3.63, 3.8) is 0 Å². The molecule has 0 saturated carbocycles. The van der Waals surface area contributed by atoms with Gasteiger partial charge in [-0.25, -0.2) is 9.78 Å². The molecule has 2 N–H and O–H groups in total. The molecule has 0 radical (unpaired) electrons. The first kappa shape index (κ1) is 29.2. The number of amides is 2. The van der Waals surface area contributed by atoms with Crippen molar-refractivity contribution >= 4 is 29.5 Å². The molecular weight excluding hydrogens is 494 g/mol. The third kappa shape index (κ3) is 8.89. The van der Waals surface area contributed by atoms with Crippen molar-refractivity contribution in [1.29, 1.82) is 5.26 Å². The zero-order chi connectivity index (χ0) is 28.4. The molecule has 1 fully saturated rings. The first-order valence-electron chi connectivity index (χ1n) is 13.2. The SMILES string of the molecule is C[C@@H](C(=O)NCCCC#Cc1cnc(Nc2ccc(C#N)cc2)nc1N1CCCC1)N(C)C(=O)OC(C)(C)C. The molecule has 0 bridgehead atoms. The van der Waals surface area contributed by atoms with Crippen molar-refractivity contribution in [2.24, 2.45) is 0 Å². The molecule has 3 rings (SSSR count). The van der Waals surface area contributed by atoms with Crippen LogP contribution in [0.1, 0.15) is 64.5 Å². The second-order valence-electron chi connectivity index (χ2n) is 10.4. The Labute approximate surface area is 230 Å². The average Bonchev–Trinajstić information content (AvgIpc) is 3.44. The van der Waals surface area contributed by atoms with Crippen LogP contribution in [-0.4, -0.2) is 65.2 Å². The molecular formula is C29H37N7O3. The number of carbonyl (C=O) groups is 2. The van der Waals surface area contributed by atoms with Gasteiger partial charge >= 0.3 is 6.09 Å². The van der Waals surface area contributed by atoms with Crippen molar-refractivity contribution in [3.8, 4) is 17.9 Å². The summed E-state index contributed by atoms with van der Waals surface area (Å²) >= 11 is 0. The second-order valence-corrected chi connectivity index (χ2v) is 10.4. The second kappa shape index (κ2) is 13.5. The molecule has 10 nitrogen and oxygen atoms in total. The molecule has 0 unspecified atom stereocenters. The Kier molecular flexibility index (Phi) is 10.1. The normalized spacial score (nSPS) is 13.5. The van der Waals surface area contributed by atoms with E-state index in [0.717, 1.165) is 43.0 Å². The minimum atomic E-state index is -0.650. The van der Waals surface area contributed by atoms with Gasteiger partial charge in [-0.1, -0.05) is 11.8 Å². The fourth-order valence-corrected chi connectivity index (χ4v) is 3.81. The molecule has 1 aromatic carbocycles. The van der Waals surface area contributed by atoms with Crippen LogP contribution in [0.25, 0.3) is 0 Å². The standard InChI is InChI=1S/C29H37N7O3/c1-21(35(5)28(38)39-29(2,3)4)26(37)31-16-8-6-7-11-23-20-32-27(34-25(23)36-17-9-10-18-36)33-24-14-12-22(19-30)13-15-24/h12-15,20-21H,6,8-10,16-18H2,1-5H3,(H,31,37)(H,32,33,34)/t21-/m0/s1. The fraction of sp³-hybridized carbons (Fsp3) is 0.483. The Morgan fingerprint density at radius 3 is 2.54 bits per heavy atom. The lowest BCUT2D eigenvalue weighted by molar-refractivity contribution is -0.125. The zero-order valence-corrected chi connectivity index (χ0v) is 23.4. The number of hydrogen-bond donors (Lipinski definition) is 2.